The van der Waals surface area contributed by atoms with E-state index in [-0.39, 0.29) is 18.1 Å². The van der Waals surface area contributed by atoms with Gasteiger partial charge in [-0.25, -0.2) is 0 Å². The fourth-order valence-corrected chi connectivity index (χ4v) is 1.86. The van der Waals surface area contributed by atoms with Gasteiger partial charge < -0.3 is 14.4 Å². The molecular weight excluding hydrogens is 218 g/mol. The van der Waals surface area contributed by atoms with Crippen molar-refractivity contribution in [2.45, 2.75) is 39.3 Å². The molecule has 1 heterocycles. The van der Waals surface area contributed by atoms with Gasteiger partial charge in [-0.1, -0.05) is 13.8 Å². The second-order valence-electron chi connectivity index (χ2n) is 4.40. The second kappa shape index (κ2) is 6.57. The molecule has 4 heteroatoms. The standard InChI is InChI=1S/C13H21NO3/c1-10(2)12-6-5-11(9-15)13(16)14(12)7-4-8-17-3/h5-6,10,15H,4,7-9H2,1-3H3. The van der Waals surface area contributed by atoms with Gasteiger partial charge in [0.05, 0.1) is 6.61 Å². The quantitative estimate of drug-likeness (QED) is 0.765. The summed E-state index contributed by atoms with van der Waals surface area (Å²) in [5.74, 6) is 0.290. The Balaban J connectivity index is 3.07. The Morgan fingerprint density at radius 1 is 1.41 bits per heavy atom. The van der Waals surface area contributed by atoms with Gasteiger partial charge in [-0.2, -0.15) is 0 Å². The highest BCUT2D eigenvalue weighted by molar-refractivity contribution is 5.17. The Hall–Kier alpha value is -1.13. The summed E-state index contributed by atoms with van der Waals surface area (Å²) in [6.07, 6.45) is 0.797. The van der Waals surface area contributed by atoms with Crippen molar-refractivity contribution in [2.75, 3.05) is 13.7 Å². The molecule has 0 unspecified atom stereocenters. The molecule has 0 saturated carbocycles. The number of aromatic nitrogens is 1. The summed E-state index contributed by atoms with van der Waals surface area (Å²) in [4.78, 5) is 12.1. The minimum Gasteiger partial charge on any atom is -0.391 e. The lowest BCUT2D eigenvalue weighted by molar-refractivity contribution is 0.189. The zero-order chi connectivity index (χ0) is 12.8. The number of pyridine rings is 1. The summed E-state index contributed by atoms with van der Waals surface area (Å²) in [6.45, 7) is 5.17. The molecule has 1 aromatic rings. The number of hydrogen-bond donors (Lipinski definition) is 1. The number of aliphatic hydroxyl groups is 1. The molecule has 0 aromatic carbocycles. The van der Waals surface area contributed by atoms with Crippen molar-refractivity contribution in [1.29, 1.82) is 0 Å². The summed E-state index contributed by atoms with van der Waals surface area (Å²) in [6, 6.07) is 3.63. The third-order valence-corrected chi connectivity index (χ3v) is 2.78. The minimum absolute atomic E-state index is 0.0881. The maximum absolute atomic E-state index is 12.1. The van der Waals surface area contributed by atoms with Gasteiger partial charge in [0.1, 0.15) is 0 Å². The van der Waals surface area contributed by atoms with Crippen LogP contribution in [0.2, 0.25) is 0 Å². The van der Waals surface area contributed by atoms with E-state index in [4.69, 9.17) is 9.84 Å². The zero-order valence-electron chi connectivity index (χ0n) is 10.8. The number of methoxy groups -OCH3 is 1. The predicted molar refractivity (Wildman–Crippen MR) is 67.2 cm³/mol. The highest BCUT2D eigenvalue weighted by Crippen LogP contribution is 2.13. The first-order chi connectivity index (χ1) is 8.11. The van der Waals surface area contributed by atoms with E-state index < -0.39 is 0 Å². The van der Waals surface area contributed by atoms with Crippen LogP contribution in [-0.4, -0.2) is 23.4 Å². The predicted octanol–water partition coefficient (Wildman–Crippen LogP) is 1.50. The monoisotopic (exact) mass is 239 g/mol. The van der Waals surface area contributed by atoms with Crippen molar-refractivity contribution >= 4 is 0 Å². The van der Waals surface area contributed by atoms with E-state index >= 15 is 0 Å². The molecule has 0 saturated heterocycles. The van der Waals surface area contributed by atoms with Crippen LogP contribution in [-0.2, 0) is 17.9 Å². The molecule has 1 aromatic heterocycles. The van der Waals surface area contributed by atoms with Crippen molar-refractivity contribution in [2.24, 2.45) is 0 Å². The van der Waals surface area contributed by atoms with Gasteiger partial charge >= 0.3 is 0 Å². The molecule has 0 aliphatic rings. The van der Waals surface area contributed by atoms with E-state index in [0.717, 1.165) is 12.1 Å². The van der Waals surface area contributed by atoms with Crippen LogP contribution >= 0.6 is 0 Å². The van der Waals surface area contributed by atoms with Crippen molar-refractivity contribution in [1.82, 2.24) is 4.57 Å². The van der Waals surface area contributed by atoms with E-state index in [9.17, 15) is 4.79 Å². The van der Waals surface area contributed by atoms with Crippen LogP contribution < -0.4 is 5.56 Å². The first kappa shape index (κ1) is 13.9. The van der Waals surface area contributed by atoms with Gasteiger partial charge in [-0.15, -0.1) is 0 Å². The largest absolute Gasteiger partial charge is 0.391 e. The number of ether oxygens (including phenoxy) is 1. The van der Waals surface area contributed by atoms with Gasteiger partial charge in [0.25, 0.3) is 5.56 Å². The average molecular weight is 239 g/mol. The van der Waals surface area contributed by atoms with E-state index in [0.29, 0.717) is 18.7 Å². The zero-order valence-corrected chi connectivity index (χ0v) is 10.8. The van der Waals surface area contributed by atoms with Crippen LogP contribution in [0.4, 0.5) is 0 Å². The fraction of sp³-hybridized carbons (Fsp3) is 0.615. The minimum atomic E-state index is -0.207. The van der Waals surface area contributed by atoms with Gasteiger partial charge in [-0.3, -0.25) is 4.79 Å². The lowest BCUT2D eigenvalue weighted by Gasteiger charge is -2.16. The van der Waals surface area contributed by atoms with Crippen LogP contribution in [0.25, 0.3) is 0 Å². The lowest BCUT2D eigenvalue weighted by Crippen LogP contribution is -2.27. The Kier molecular flexibility index (Phi) is 5.38. The summed E-state index contributed by atoms with van der Waals surface area (Å²) in [5, 5.41) is 9.11. The highest BCUT2D eigenvalue weighted by atomic mass is 16.5. The molecule has 0 aliphatic carbocycles. The first-order valence-electron chi connectivity index (χ1n) is 5.94. The normalized spacial score (nSPS) is 11.1. The van der Waals surface area contributed by atoms with Crippen molar-refractivity contribution in [3.8, 4) is 0 Å². The molecule has 0 radical (unpaired) electrons. The number of aliphatic hydroxyl groups excluding tert-OH is 1. The summed E-state index contributed by atoms with van der Waals surface area (Å²) < 4.78 is 6.74. The molecule has 0 atom stereocenters. The molecule has 0 fully saturated rings. The maximum atomic E-state index is 12.1. The molecule has 96 valence electrons. The molecule has 1 N–H and O–H groups in total. The Labute approximate surface area is 102 Å². The maximum Gasteiger partial charge on any atom is 0.256 e. The molecular formula is C13H21NO3. The van der Waals surface area contributed by atoms with Crippen LogP contribution in [0.15, 0.2) is 16.9 Å². The molecule has 1 rings (SSSR count). The third kappa shape index (κ3) is 3.41. The number of hydrogen-bond acceptors (Lipinski definition) is 3. The molecule has 17 heavy (non-hydrogen) atoms. The molecule has 0 amide bonds. The summed E-state index contributed by atoms with van der Waals surface area (Å²) in [5.41, 5.74) is 1.37. The Bertz CT molecular complexity index is 410. The van der Waals surface area contributed by atoms with Crippen LogP contribution in [0.5, 0.6) is 0 Å². The van der Waals surface area contributed by atoms with Gasteiger partial charge in [0.2, 0.25) is 0 Å². The number of nitrogens with zero attached hydrogens (tertiary/aromatic N) is 1. The summed E-state index contributed by atoms with van der Waals surface area (Å²) in [7, 11) is 1.65. The van der Waals surface area contributed by atoms with Gasteiger partial charge in [-0.05, 0) is 24.5 Å². The Morgan fingerprint density at radius 3 is 2.65 bits per heavy atom. The van der Waals surface area contributed by atoms with Crippen molar-refractivity contribution < 1.29 is 9.84 Å². The smallest absolute Gasteiger partial charge is 0.256 e. The van der Waals surface area contributed by atoms with E-state index in [1.165, 1.54) is 0 Å². The van der Waals surface area contributed by atoms with Crippen LogP contribution in [0.3, 0.4) is 0 Å². The van der Waals surface area contributed by atoms with E-state index in [1.54, 1.807) is 17.7 Å². The van der Waals surface area contributed by atoms with Crippen LogP contribution in [0, 0.1) is 0 Å². The third-order valence-electron chi connectivity index (χ3n) is 2.78. The first-order valence-corrected chi connectivity index (χ1v) is 5.94. The SMILES string of the molecule is COCCCn1c(C(C)C)ccc(CO)c1=O. The fourth-order valence-electron chi connectivity index (χ4n) is 1.86. The lowest BCUT2D eigenvalue weighted by atomic mass is 10.1. The van der Waals surface area contributed by atoms with Gasteiger partial charge in [0.15, 0.2) is 0 Å². The molecule has 0 spiro atoms. The van der Waals surface area contributed by atoms with E-state index in [2.05, 4.69) is 13.8 Å². The van der Waals surface area contributed by atoms with E-state index in [1.807, 2.05) is 6.07 Å². The molecule has 0 bridgehead atoms. The van der Waals surface area contributed by atoms with Crippen molar-refractivity contribution in [3.63, 3.8) is 0 Å². The topological polar surface area (TPSA) is 51.5 Å². The summed E-state index contributed by atoms with van der Waals surface area (Å²) >= 11 is 0. The molecule has 0 aliphatic heterocycles. The highest BCUT2D eigenvalue weighted by Gasteiger charge is 2.10. The second-order valence-corrected chi connectivity index (χ2v) is 4.40. The van der Waals surface area contributed by atoms with Gasteiger partial charge in [0, 0.05) is 31.5 Å². The number of rotatable bonds is 6. The Morgan fingerprint density at radius 2 is 2.12 bits per heavy atom. The average Bonchev–Trinajstić information content (AvgIpc) is 2.31. The molecule has 4 nitrogen and oxygen atoms in total. The van der Waals surface area contributed by atoms with Crippen molar-refractivity contribution in [3.05, 3.63) is 33.7 Å². The van der Waals surface area contributed by atoms with Crippen LogP contribution in [0.1, 0.15) is 37.4 Å².